The zero-order valence-electron chi connectivity index (χ0n) is 14.5. The summed E-state index contributed by atoms with van der Waals surface area (Å²) in [6, 6.07) is 16.5. The minimum absolute atomic E-state index is 0.0537. The SMILES string of the molecule is O=C(O)C[C@H]1Sc2nnc(COc3ccc(Cl)cc3)n2N=C1c1ccccc1. The number of ether oxygens (including phenoxy) is 1. The van der Waals surface area contributed by atoms with E-state index in [1.165, 1.54) is 11.8 Å². The first-order chi connectivity index (χ1) is 13.6. The van der Waals surface area contributed by atoms with E-state index in [0.29, 0.717) is 27.5 Å². The van der Waals surface area contributed by atoms with Crippen LogP contribution in [0.15, 0.2) is 64.9 Å². The molecule has 0 unspecified atom stereocenters. The number of halogens is 1. The van der Waals surface area contributed by atoms with Crippen molar-refractivity contribution in [1.82, 2.24) is 14.9 Å². The molecule has 3 aromatic rings. The molecule has 0 amide bonds. The number of aromatic nitrogens is 3. The second-order valence-electron chi connectivity index (χ2n) is 6.01. The first-order valence-electron chi connectivity index (χ1n) is 8.45. The summed E-state index contributed by atoms with van der Waals surface area (Å²) in [5.74, 6) is 0.293. The van der Waals surface area contributed by atoms with Crippen LogP contribution in [0.1, 0.15) is 17.8 Å². The number of aliphatic carboxylic acids is 1. The summed E-state index contributed by atoms with van der Waals surface area (Å²) < 4.78 is 7.36. The number of hydrogen-bond donors (Lipinski definition) is 1. The molecule has 2 heterocycles. The molecule has 1 aliphatic rings. The van der Waals surface area contributed by atoms with Crippen LogP contribution in [0.3, 0.4) is 0 Å². The van der Waals surface area contributed by atoms with Gasteiger partial charge in [0, 0.05) is 5.02 Å². The Balaban J connectivity index is 1.63. The van der Waals surface area contributed by atoms with E-state index >= 15 is 0 Å². The van der Waals surface area contributed by atoms with Crippen LogP contribution in [0, 0.1) is 0 Å². The van der Waals surface area contributed by atoms with Crippen molar-refractivity contribution >= 4 is 35.0 Å². The summed E-state index contributed by atoms with van der Waals surface area (Å²) in [6.07, 6.45) is -0.0537. The van der Waals surface area contributed by atoms with Gasteiger partial charge in [-0.05, 0) is 29.8 Å². The molecule has 1 aliphatic heterocycles. The Kier molecular flexibility index (Phi) is 5.31. The van der Waals surface area contributed by atoms with E-state index in [0.717, 1.165) is 5.56 Å². The maximum absolute atomic E-state index is 11.3. The van der Waals surface area contributed by atoms with Gasteiger partial charge < -0.3 is 9.84 Å². The van der Waals surface area contributed by atoms with Gasteiger partial charge in [0.05, 0.1) is 17.4 Å². The summed E-state index contributed by atoms with van der Waals surface area (Å²) in [5, 5.41) is 23.1. The lowest BCUT2D eigenvalue weighted by Gasteiger charge is -2.22. The van der Waals surface area contributed by atoms with Gasteiger partial charge in [-0.25, -0.2) is 0 Å². The van der Waals surface area contributed by atoms with Gasteiger partial charge in [0.15, 0.2) is 5.82 Å². The molecule has 28 heavy (non-hydrogen) atoms. The van der Waals surface area contributed by atoms with Gasteiger partial charge in [0.25, 0.3) is 0 Å². The summed E-state index contributed by atoms with van der Waals surface area (Å²) in [5.41, 5.74) is 1.54. The lowest BCUT2D eigenvalue weighted by molar-refractivity contribution is -0.136. The van der Waals surface area contributed by atoms with E-state index in [4.69, 9.17) is 16.3 Å². The molecule has 9 heteroatoms. The fraction of sp³-hybridized carbons (Fsp3) is 0.158. The number of rotatable bonds is 6. The summed E-state index contributed by atoms with van der Waals surface area (Å²) in [4.78, 5) is 11.3. The van der Waals surface area contributed by atoms with Gasteiger partial charge in [-0.1, -0.05) is 53.7 Å². The summed E-state index contributed by atoms with van der Waals surface area (Å²) in [7, 11) is 0. The number of carboxylic acids is 1. The molecule has 2 aromatic carbocycles. The van der Waals surface area contributed by atoms with Crippen LogP contribution in [0.5, 0.6) is 5.75 Å². The molecule has 0 bridgehead atoms. The third-order valence-electron chi connectivity index (χ3n) is 4.05. The monoisotopic (exact) mass is 414 g/mol. The van der Waals surface area contributed by atoms with Crippen molar-refractivity contribution in [3.63, 3.8) is 0 Å². The molecule has 0 aliphatic carbocycles. The van der Waals surface area contributed by atoms with Crippen LogP contribution in [0.4, 0.5) is 0 Å². The standard InChI is InChI=1S/C19H15ClN4O3S/c20-13-6-8-14(9-7-13)27-11-16-21-22-19-24(16)23-18(12-4-2-1-3-5-12)15(28-19)10-17(25)26/h1-9,15H,10-11H2,(H,25,26)/t15-/m1/s1. The van der Waals surface area contributed by atoms with Crippen molar-refractivity contribution in [3.8, 4) is 5.75 Å². The zero-order chi connectivity index (χ0) is 19.5. The molecule has 7 nitrogen and oxygen atoms in total. The average molecular weight is 415 g/mol. The van der Waals surface area contributed by atoms with Crippen LogP contribution in [-0.2, 0) is 11.4 Å². The molecule has 0 fully saturated rings. The Bertz CT molecular complexity index is 1020. The Morgan fingerprint density at radius 3 is 2.61 bits per heavy atom. The topological polar surface area (TPSA) is 89.6 Å². The lowest BCUT2D eigenvalue weighted by Crippen LogP contribution is -2.27. The fourth-order valence-corrected chi connectivity index (χ4v) is 3.98. The van der Waals surface area contributed by atoms with Gasteiger partial charge in [-0.3, -0.25) is 4.79 Å². The number of fused-ring (bicyclic) bond motifs is 1. The van der Waals surface area contributed by atoms with Crippen molar-refractivity contribution in [2.45, 2.75) is 23.4 Å². The molecule has 4 rings (SSSR count). The van der Waals surface area contributed by atoms with Crippen LogP contribution in [0.25, 0.3) is 0 Å². The molecular weight excluding hydrogens is 400 g/mol. The van der Waals surface area contributed by atoms with Crippen molar-refractivity contribution in [2.24, 2.45) is 5.10 Å². The van der Waals surface area contributed by atoms with Crippen molar-refractivity contribution in [1.29, 1.82) is 0 Å². The molecule has 1 N–H and O–H groups in total. The van der Waals surface area contributed by atoms with Gasteiger partial charge in [0.1, 0.15) is 12.4 Å². The molecular formula is C19H15ClN4O3S. The third kappa shape index (κ3) is 4.02. The summed E-state index contributed by atoms with van der Waals surface area (Å²) >= 11 is 7.22. The minimum atomic E-state index is -0.889. The molecule has 142 valence electrons. The Morgan fingerprint density at radius 2 is 1.89 bits per heavy atom. The molecule has 0 saturated carbocycles. The van der Waals surface area contributed by atoms with E-state index in [2.05, 4.69) is 15.3 Å². The van der Waals surface area contributed by atoms with Gasteiger partial charge in [0.2, 0.25) is 5.16 Å². The highest BCUT2D eigenvalue weighted by Gasteiger charge is 2.30. The smallest absolute Gasteiger partial charge is 0.304 e. The maximum Gasteiger partial charge on any atom is 0.304 e. The number of benzene rings is 2. The highest BCUT2D eigenvalue weighted by molar-refractivity contribution is 8.00. The second kappa shape index (κ2) is 8.04. The van der Waals surface area contributed by atoms with E-state index in [9.17, 15) is 9.90 Å². The Morgan fingerprint density at radius 1 is 1.14 bits per heavy atom. The van der Waals surface area contributed by atoms with Gasteiger partial charge >= 0.3 is 5.97 Å². The quantitative estimate of drug-likeness (QED) is 0.661. The van der Waals surface area contributed by atoms with E-state index < -0.39 is 5.97 Å². The van der Waals surface area contributed by atoms with E-state index in [1.807, 2.05) is 30.3 Å². The lowest BCUT2D eigenvalue weighted by atomic mass is 10.1. The molecule has 1 aromatic heterocycles. The normalized spacial score (nSPS) is 15.6. The predicted molar refractivity (Wildman–Crippen MR) is 106 cm³/mol. The first-order valence-corrected chi connectivity index (χ1v) is 9.71. The van der Waals surface area contributed by atoms with Crippen LogP contribution >= 0.6 is 23.4 Å². The van der Waals surface area contributed by atoms with Gasteiger partial charge in [-0.15, -0.1) is 10.2 Å². The Labute approximate surface area is 170 Å². The number of carbonyl (C=O) groups is 1. The largest absolute Gasteiger partial charge is 0.486 e. The number of carboxylic acid groups (broad SMARTS) is 1. The number of thioether (sulfide) groups is 1. The van der Waals surface area contributed by atoms with Crippen LogP contribution in [0.2, 0.25) is 5.02 Å². The zero-order valence-corrected chi connectivity index (χ0v) is 16.1. The third-order valence-corrected chi connectivity index (χ3v) is 5.44. The molecule has 0 saturated heterocycles. The minimum Gasteiger partial charge on any atom is -0.486 e. The fourth-order valence-electron chi connectivity index (χ4n) is 2.74. The summed E-state index contributed by atoms with van der Waals surface area (Å²) in [6.45, 7) is 0.171. The molecule has 0 spiro atoms. The van der Waals surface area contributed by atoms with Crippen molar-refractivity contribution < 1.29 is 14.6 Å². The Hall–Kier alpha value is -2.84. The average Bonchev–Trinajstić information content (AvgIpc) is 3.09. The predicted octanol–water partition coefficient (Wildman–Crippen LogP) is 3.71. The van der Waals surface area contributed by atoms with Crippen LogP contribution in [-0.4, -0.2) is 36.9 Å². The van der Waals surface area contributed by atoms with Crippen molar-refractivity contribution in [3.05, 3.63) is 71.0 Å². The van der Waals surface area contributed by atoms with Gasteiger partial charge in [-0.2, -0.15) is 9.78 Å². The molecule has 0 radical (unpaired) electrons. The maximum atomic E-state index is 11.3. The van der Waals surface area contributed by atoms with E-state index in [1.54, 1.807) is 28.9 Å². The highest BCUT2D eigenvalue weighted by Crippen LogP contribution is 2.32. The number of hydrogen-bond acceptors (Lipinski definition) is 6. The first kappa shape index (κ1) is 18.5. The number of nitrogens with zero attached hydrogens (tertiary/aromatic N) is 4. The highest BCUT2D eigenvalue weighted by atomic mass is 35.5. The van der Waals surface area contributed by atoms with Crippen molar-refractivity contribution in [2.75, 3.05) is 0 Å². The second-order valence-corrected chi connectivity index (χ2v) is 7.62. The molecule has 1 atom stereocenters. The van der Waals surface area contributed by atoms with E-state index in [-0.39, 0.29) is 18.3 Å². The van der Waals surface area contributed by atoms with Crippen LogP contribution < -0.4 is 4.74 Å².